The minimum absolute atomic E-state index is 0.0195. The third-order valence-corrected chi connectivity index (χ3v) is 5.58. The maximum atomic E-state index is 13.0. The van der Waals surface area contributed by atoms with E-state index in [-0.39, 0.29) is 5.91 Å². The Labute approximate surface area is 174 Å². The molecular formula is C22H25N3O3S. The molecule has 0 spiro atoms. The number of anilines is 1. The summed E-state index contributed by atoms with van der Waals surface area (Å²) in [5.74, 6) is -0.0195. The molecule has 0 atom stereocenters. The number of methoxy groups -OCH3 is 1. The van der Waals surface area contributed by atoms with Gasteiger partial charge < -0.3 is 10.1 Å². The summed E-state index contributed by atoms with van der Waals surface area (Å²) in [6, 6.07) is 14.1. The molecule has 0 unspecified atom stereocenters. The van der Waals surface area contributed by atoms with Crippen LogP contribution in [0.15, 0.2) is 42.5 Å². The first-order valence-corrected chi connectivity index (χ1v) is 10.3. The minimum atomic E-state index is -0.490. The van der Waals surface area contributed by atoms with Crippen LogP contribution in [0.1, 0.15) is 29.5 Å². The zero-order valence-corrected chi connectivity index (χ0v) is 17.7. The summed E-state index contributed by atoms with van der Waals surface area (Å²) in [5.41, 5.74) is 4.27. The fourth-order valence-electron chi connectivity index (χ4n) is 3.14. The molecule has 2 aromatic carbocycles. The Balaban J connectivity index is 1.82. The maximum absolute atomic E-state index is 13.0. The molecular weight excluding hydrogens is 386 g/mol. The van der Waals surface area contributed by atoms with E-state index in [9.17, 15) is 9.59 Å². The van der Waals surface area contributed by atoms with E-state index in [2.05, 4.69) is 29.1 Å². The van der Waals surface area contributed by atoms with Crippen LogP contribution in [-0.4, -0.2) is 30.6 Å². The highest BCUT2D eigenvalue weighted by atomic mass is 32.1. The van der Waals surface area contributed by atoms with Gasteiger partial charge >= 0.3 is 6.09 Å². The highest BCUT2D eigenvalue weighted by Gasteiger charge is 2.20. The van der Waals surface area contributed by atoms with Crippen LogP contribution in [0.5, 0.6) is 0 Å². The normalized spacial score (nSPS) is 10.7. The fraction of sp³-hybridized carbons (Fsp3) is 0.318. The van der Waals surface area contributed by atoms with Crippen LogP contribution in [0.2, 0.25) is 0 Å². The summed E-state index contributed by atoms with van der Waals surface area (Å²) in [4.78, 5) is 30.7. The zero-order chi connectivity index (χ0) is 20.8. The summed E-state index contributed by atoms with van der Waals surface area (Å²) < 4.78 is 5.63. The second-order valence-electron chi connectivity index (χ2n) is 6.91. The Kier molecular flexibility index (Phi) is 6.82. The van der Waals surface area contributed by atoms with E-state index in [0.29, 0.717) is 31.1 Å². The number of benzene rings is 2. The summed E-state index contributed by atoms with van der Waals surface area (Å²) in [7, 11) is 1.32. The topological polar surface area (TPSA) is 71.5 Å². The van der Waals surface area contributed by atoms with Gasteiger partial charge in [-0.15, -0.1) is 0 Å². The molecule has 3 aromatic rings. The van der Waals surface area contributed by atoms with Crippen LogP contribution in [0, 0.1) is 13.8 Å². The number of rotatable bonds is 7. The van der Waals surface area contributed by atoms with Gasteiger partial charge in [0.05, 0.1) is 23.9 Å². The van der Waals surface area contributed by atoms with Crippen molar-refractivity contribution in [1.29, 1.82) is 0 Å². The molecule has 0 fully saturated rings. The molecule has 0 saturated carbocycles. The monoisotopic (exact) mass is 411 g/mol. The molecule has 1 N–H and O–H groups in total. The molecule has 6 nitrogen and oxygen atoms in total. The largest absolute Gasteiger partial charge is 0.453 e. The zero-order valence-electron chi connectivity index (χ0n) is 16.9. The van der Waals surface area contributed by atoms with Crippen molar-refractivity contribution >= 4 is 38.7 Å². The third-order valence-electron chi connectivity index (χ3n) is 4.56. The van der Waals surface area contributed by atoms with Crippen molar-refractivity contribution in [2.45, 2.75) is 33.2 Å². The van der Waals surface area contributed by atoms with Gasteiger partial charge in [0.2, 0.25) is 5.91 Å². The standard InChI is InChI=1S/C22H25N3O3S/c1-15-12-16(2)20-18(13-15)29-21(24-20)25(14-17-8-5-4-6-9-17)19(26)10-7-11-23-22(27)28-3/h4-6,8-9,12-13H,7,10-11,14H2,1-3H3,(H,23,27). The number of fused-ring (bicyclic) bond motifs is 1. The second-order valence-corrected chi connectivity index (χ2v) is 7.92. The van der Waals surface area contributed by atoms with E-state index in [1.165, 1.54) is 24.0 Å². The summed E-state index contributed by atoms with van der Waals surface area (Å²) >= 11 is 1.53. The lowest BCUT2D eigenvalue weighted by Gasteiger charge is -2.20. The number of carbonyl (C=O) groups excluding carboxylic acids is 2. The number of aromatic nitrogens is 1. The molecule has 0 saturated heterocycles. The van der Waals surface area contributed by atoms with Crippen LogP contribution in [-0.2, 0) is 16.1 Å². The lowest BCUT2D eigenvalue weighted by atomic mass is 10.1. The number of alkyl carbamates (subject to hydrolysis) is 1. The maximum Gasteiger partial charge on any atom is 0.406 e. The molecule has 7 heteroatoms. The summed E-state index contributed by atoms with van der Waals surface area (Å²) in [6.07, 6.45) is 0.350. The molecule has 0 radical (unpaired) electrons. The Morgan fingerprint density at radius 1 is 1.17 bits per heavy atom. The van der Waals surface area contributed by atoms with Crippen molar-refractivity contribution < 1.29 is 14.3 Å². The van der Waals surface area contributed by atoms with Crippen molar-refractivity contribution in [3.05, 3.63) is 59.2 Å². The highest BCUT2D eigenvalue weighted by Crippen LogP contribution is 2.32. The Morgan fingerprint density at radius 3 is 2.66 bits per heavy atom. The minimum Gasteiger partial charge on any atom is -0.453 e. The van der Waals surface area contributed by atoms with Gasteiger partial charge in [-0.3, -0.25) is 9.69 Å². The molecule has 3 rings (SSSR count). The van der Waals surface area contributed by atoms with E-state index in [4.69, 9.17) is 4.98 Å². The first-order valence-electron chi connectivity index (χ1n) is 9.52. The molecule has 0 aliphatic heterocycles. The molecule has 1 aromatic heterocycles. The first kappa shape index (κ1) is 20.8. The third kappa shape index (κ3) is 5.32. The molecule has 152 valence electrons. The van der Waals surface area contributed by atoms with E-state index in [1.807, 2.05) is 37.3 Å². The van der Waals surface area contributed by atoms with Gasteiger partial charge in [-0.05, 0) is 43.0 Å². The van der Waals surface area contributed by atoms with Crippen LogP contribution < -0.4 is 10.2 Å². The van der Waals surface area contributed by atoms with Gasteiger partial charge in [-0.2, -0.15) is 0 Å². The fourth-order valence-corrected chi connectivity index (χ4v) is 4.30. The summed E-state index contributed by atoms with van der Waals surface area (Å²) in [5, 5.41) is 3.30. The van der Waals surface area contributed by atoms with Crippen LogP contribution in [0.25, 0.3) is 10.2 Å². The lowest BCUT2D eigenvalue weighted by Crippen LogP contribution is -2.31. The quantitative estimate of drug-likeness (QED) is 0.578. The van der Waals surface area contributed by atoms with Crippen LogP contribution in [0.3, 0.4) is 0 Å². The van der Waals surface area contributed by atoms with Gasteiger partial charge in [-0.1, -0.05) is 47.7 Å². The number of aryl methyl sites for hydroxylation is 2. The number of nitrogens with one attached hydrogen (secondary N) is 1. The number of amides is 2. The molecule has 29 heavy (non-hydrogen) atoms. The second kappa shape index (κ2) is 9.52. The molecule has 2 amide bonds. The van der Waals surface area contributed by atoms with E-state index >= 15 is 0 Å². The SMILES string of the molecule is COC(=O)NCCCC(=O)N(Cc1ccccc1)c1nc2c(C)cc(C)cc2s1. The van der Waals surface area contributed by atoms with Gasteiger partial charge in [0.1, 0.15) is 0 Å². The number of nitrogens with zero attached hydrogens (tertiary/aromatic N) is 2. The molecule has 0 bridgehead atoms. The highest BCUT2D eigenvalue weighted by molar-refractivity contribution is 7.22. The predicted molar refractivity (Wildman–Crippen MR) is 116 cm³/mol. The molecule has 1 heterocycles. The number of hydrogen-bond donors (Lipinski definition) is 1. The van der Waals surface area contributed by atoms with E-state index in [0.717, 1.165) is 21.3 Å². The van der Waals surface area contributed by atoms with E-state index < -0.39 is 6.09 Å². The number of ether oxygens (including phenoxy) is 1. The Hall–Kier alpha value is -2.93. The molecule has 0 aliphatic rings. The van der Waals surface area contributed by atoms with Gasteiger partial charge in [0.25, 0.3) is 0 Å². The Bertz CT molecular complexity index is 1000. The van der Waals surface area contributed by atoms with Crippen molar-refractivity contribution in [1.82, 2.24) is 10.3 Å². The lowest BCUT2D eigenvalue weighted by molar-refractivity contribution is -0.118. The van der Waals surface area contributed by atoms with Gasteiger partial charge in [0.15, 0.2) is 5.13 Å². The van der Waals surface area contributed by atoms with Gasteiger partial charge in [-0.25, -0.2) is 9.78 Å². The van der Waals surface area contributed by atoms with E-state index in [1.54, 1.807) is 4.90 Å². The molecule has 0 aliphatic carbocycles. The average molecular weight is 412 g/mol. The Morgan fingerprint density at radius 2 is 1.93 bits per heavy atom. The van der Waals surface area contributed by atoms with Crippen molar-refractivity contribution in [2.24, 2.45) is 0 Å². The smallest absolute Gasteiger partial charge is 0.406 e. The number of hydrogen-bond acceptors (Lipinski definition) is 5. The number of thiazole rings is 1. The number of carbonyl (C=O) groups is 2. The van der Waals surface area contributed by atoms with Crippen molar-refractivity contribution in [3.8, 4) is 0 Å². The average Bonchev–Trinajstić information content (AvgIpc) is 3.13. The van der Waals surface area contributed by atoms with Crippen LogP contribution in [0.4, 0.5) is 9.93 Å². The van der Waals surface area contributed by atoms with Crippen molar-refractivity contribution in [3.63, 3.8) is 0 Å². The van der Waals surface area contributed by atoms with Gasteiger partial charge in [0, 0.05) is 13.0 Å². The first-order chi connectivity index (χ1) is 14.0. The predicted octanol–water partition coefficient (Wildman–Crippen LogP) is 4.58. The van der Waals surface area contributed by atoms with Crippen LogP contribution >= 0.6 is 11.3 Å². The van der Waals surface area contributed by atoms with Crippen molar-refractivity contribution in [2.75, 3.05) is 18.6 Å². The summed E-state index contributed by atoms with van der Waals surface area (Å²) in [6.45, 7) is 4.95.